The molecule has 1 N–H and O–H groups in total. The minimum atomic E-state index is 0.170. The SMILES string of the molecule is Oc1cccn2nc(CC3CCOC3)nc12. The normalized spacial score (nSPS) is 20.6. The van der Waals surface area contributed by atoms with Gasteiger partial charge >= 0.3 is 0 Å². The van der Waals surface area contributed by atoms with Crippen molar-refractivity contribution in [2.45, 2.75) is 12.8 Å². The molecule has 0 saturated carbocycles. The maximum absolute atomic E-state index is 9.60. The zero-order chi connectivity index (χ0) is 11.0. The first-order valence-electron chi connectivity index (χ1n) is 5.44. The number of nitrogens with zero attached hydrogens (tertiary/aromatic N) is 3. The lowest BCUT2D eigenvalue weighted by atomic mass is 10.1. The Balaban J connectivity index is 1.90. The molecule has 5 nitrogen and oxygen atoms in total. The molecule has 0 aliphatic carbocycles. The van der Waals surface area contributed by atoms with Gasteiger partial charge in [0.1, 0.15) is 0 Å². The van der Waals surface area contributed by atoms with Crippen molar-refractivity contribution < 1.29 is 9.84 Å². The van der Waals surface area contributed by atoms with Crippen LogP contribution >= 0.6 is 0 Å². The van der Waals surface area contributed by atoms with Gasteiger partial charge in [0.15, 0.2) is 17.2 Å². The van der Waals surface area contributed by atoms with E-state index in [0.717, 1.165) is 31.9 Å². The molecule has 0 radical (unpaired) electrons. The second kappa shape index (κ2) is 3.75. The van der Waals surface area contributed by atoms with Gasteiger partial charge in [-0.1, -0.05) is 0 Å². The lowest BCUT2D eigenvalue weighted by molar-refractivity contribution is 0.185. The van der Waals surface area contributed by atoms with Crippen LogP contribution in [0.25, 0.3) is 5.65 Å². The summed E-state index contributed by atoms with van der Waals surface area (Å²) in [7, 11) is 0. The predicted octanol–water partition coefficient (Wildman–Crippen LogP) is 1.01. The van der Waals surface area contributed by atoms with Gasteiger partial charge in [0.25, 0.3) is 0 Å². The summed E-state index contributed by atoms with van der Waals surface area (Å²) in [6.07, 6.45) is 3.68. The Morgan fingerprint density at radius 2 is 2.50 bits per heavy atom. The molecule has 3 rings (SSSR count). The Hall–Kier alpha value is -1.62. The molecule has 1 fully saturated rings. The topological polar surface area (TPSA) is 59.7 Å². The van der Waals surface area contributed by atoms with Gasteiger partial charge in [0.2, 0.25) is 0 Å². The van der Waals surface area contributed by atoms with E-state index in [4.69, 9.17) is 4.74 Å². The molecule has 1 unspecified atom stereocenters. The molecule has 0 aromatic carbocycles. The highest BCUT2D eigenvalue weighted by molar-refractivity contribution is 5.51. The Labute approximate surface area is 92.7 Å². The van der Waals surface area contributed by atoms with Crippen molar-refractivity contribution in [3.05, 3.63) is 24.2 Å². The number of aromatic nitrogens is 3. The van der Waals surface area contributed by atoms with Crippen molar-refractivity contribution in [3.8, 4) is 5.75 Å². The number of hydrogen-bond donors (Lipinski definition) is 1. The maximum atomic E-state index is 9.60. The molecule has 16 heavy (non-hydrogen) atoms. The van der Waals surface area contributed by atoms with Crippen molar-refractivity contribution in [2.75, 3.05) is 13.2 Å². The maximum Gasteiger partial charge on any atom is 0.197 e. The van der Waals surface area contributed by atoms with Gasteiger partial charge in [0, 0.05) is 25.8 Å². The lowest BCUT2D eigenvalue weighted by Gasteiger charge is -2.01. The van der Waals surface area contributed by atoms with Crippen LogP contribution in [-0.2, 0) is 11.2 Å². The Morgan fingerprint density at radius 1 is 1.56 bits per heavy atom. The summed E-state index contributed by atoms with van der Waals surface area (Å²) in [5, 5.41) is 13.9. The average Bonchev–Trinajstić information content (AvgIpc) is 2.88. The highest BCUT2D eigenvalue weighted by atomic mass is 16.5. The molecule has 1 saturated heterocycles. The van der Waals surface area contributed by atoms with E-state index >= 15 is 0 Å². The summed E-state index contributed by atoms with van der Waals surface area (Å²) >= 11 is 0. The molecule has 0 amide bonds. The third-order valence-electron chi connectivity index (χ3n) is 2.88. The number of fused-ring (bicyclic) bond motifs is 1. The fraction of sp³-hybridized carbons (Fsp3) is 0.455. The van der Waals surface area contributed by atoms with E-state index < -0.39 is 0 Å². The molecule has 5 heteroatoms. The van der Waals surface area contributed by atoms with E-state index in [9.17, 15) is 5.11 Å². The van der Waals surface area contributed by atoms with Gasteiger partial charge in [-0.3, -0.25) is 0 Å². The van der Waals surface area contributed by atoms with Crippen LogP contribution in [0.15, 0.2) is 18.3 Å². The molecule has 0 bridgehead atoms. The average molecular weight is 219 g/mol. The Bertz CT molecular complexity index is 503. The van der Waals surface area contributed by atoms with Crippen LogP contribution in [0.4, 0.5) is 0 Å². The summed E-state index contributed by atoms with van der Waals surface area (Å²) in [4.78, 5) is 4.32. The number of pyridine rings is 1. The number of aromatic hydroxyl groups is 1. The molecular formula is C11H13N3O2. The van der Waals surface area contributed by atoms with Crippen LogP contribution in [0.1, 0.15) is 12.2 Å². The van der Waals surface area contributed by atoms with E-state index in [1.54, 1.807) is 22.8 Å². The van der Waals surface area contributed by atoms with Crippen LogP contribution in [0.2, 0.25) is 0 Å². The van der Waals surface area contributed by atoms with Gasteiger partial charge in [-0.15, -0.1) is 0 Å². The summed E-state index contributed by atoms with van der Waals surface area (Å²) < 4.78 is 6.93. The predicted molar refractivity (Wildman–Crippen MR) is 57.3 cm³/mol. The number of ether oxygens (including phenoxy) is 1. The van der Waals surface area contributed by atoms with Crippen LogP contribution in [0.3, 0.4) is 0 Å². The van der Waals surface area contributed by atoms with Crippen molar-refractivity contribution in [1.82, 2.24) is 14.6 Å². The highest BCUT2D eigenvalue weighted by Crippen LogP contribution is 2.19. The van der Waals surface area contributed by atoms with E-state index in [0.29, 0.717) is 11.6 Å². The monoisotopic (exact) mass is 219 g/mol. The molecule has 1 aliphatic rings. The van der Waals surface area contributed by atoms with Crippen LogP contribution in [0, 0.1) is 5.92 Å². The van der Waals surface area contributed by atoms with Crippen molar-refractivity contribution in [3.63, 3.8) is 0 Å². The smallest absolute Gasteiger partial charge is 0.197 e. The molecule has 3 heterocycles. The molecule has 2 aromatic rings. The van der Waals surface area contributed by atoms with E-state index in [-0.39, 0.29) is 5.75 Å². The van der Waals surface area contributed by atoms with Gasteiger partial charge in [0.05, 0.1) is 0 Å². The molecule has 2 aromatic heterocycles. The highest BCUT2D eigenvalue weighted by Gasteiger charge is 2.18. The van der Waals surface area contributed by atoms with Crippen LogP contribution in [-0.4, -0.2) is 32.9 Å². The quantitative estimate of drug-likeness (QED) is 0.819. The van der Waals surface area contributed by atoms with Gasteiger partial charge in [-0.25, -0.2) is 9.50 Å². The van der Waals surface area contributed by atoms with Crippen molar-refractivity contribution in [2.24, 2.45) is 5.92 Å². The van der Waals surface area contributed by atoms with E-state index in [2.05, 4.69) is 10.1 Å². The first kappa shape index (κ1) is 9.59. The van der Waals surface area contributed by atoms with Gasteiger partial charge < -0.3 is 9.84 Å². The first-order valence-corrected chi connectivity index (χ1v) is 5.44. The second-order valence-electron chi connectivity index (χ2n) is 4.12. The molecule has 0 spiro atoms. The molecular weight excluding hydrogens is 206 g/mol. The zero-order valence-corrected chi connectivity index (χ0v) is 8.83. The summed E-state index contributed by atoms with van der Waals surface area (Å²) in [6, 6.07) is 3.37. The van der Waals surface area contributed by atoms with Crippen LogP contribution < -0.4 is 0 Å². The zero-order valence-electron chi connectivity index (χ0n) is 8.83. The standard InChI is InChI=1S/C11H13N3O2/c15-9-2-1-4-14-11(9)12-10(13-14)6-8-3-5-16-7-8/h1-2,4,8,15H,3,5-7H2. The summed E-state index contributed by atoms with van der Waals surface area (Å²) in [5.41, 5.74) is 0.524. The largest absolute Gasteiger partial charge is 0.504 e. The number of hydrogen-bond acceptors (Lipinski definition) is 4. The van der Waals surface area contributed by atoms with Gasteiger partial charge in [-0.2, -0.15) is 5.10 Å². The fourth-order valence-electron chi connectivity index (χ4n) is 2.03. The first-order chi connectivity index (χ1) is 7.83. The molecule has 1 atom stereocenters. The minimum Gasteiger partial charge on any atom is -0.504 e. The van der Waals surface area contributed by atoms with Crippen LogP contribution in [0.5, 0.6) is 5.75 Å². The second-order valence-corrected chi connectivity index (χ2v) is 4.12. The van der Waals surface area contributed by atoms with Crippen molar-refractivity contribution >= 4 is 5.65 Å². The minimum absolute atomic E-state index is 0.170. The lowest BCUT2D eigenvalue weighted by Crippen LogP contribution is -2.05. The fourth-order valence-corrected chi connectivity index (χ4v) is 2.03. The van der Waals surface area contributed by atoms with Gasteiger partial charge in [-0.05, 0) is 24.5 Å². The summed E-state index contributed by atoms with van der Waals surface area (Å²) in [5.74, 6) is 1.46. The van der Waals surface area contributed by atoms with Crippen molar-refractivity contribution in [1.29, 1.82) is 0 Å². The number of rotatable bonds is 2. The third kappa shape index (κ3) is 1.63. The Kier molecular flexibility index (Phi) is 2.25. The molecule has 84 valence electrons. The summed E-state index contributed by atoms with van der Waals surface area (Å²) in [6.45, 7) is 1.63. The third-order valence-corrected chi connectivity index (χ3v) is 2.88. The van der Waals surface area contributed by atoms with E-state index in [1.807, 2.05) is 0 Å². The van der Waals surface area contributed by atoms with E-state index in [1.165, 1.54) is 0 Å². The Morgan fingerprint density at radius 3 is 3.25 bits per heavy atom. The molecule has 1 aliphatic heterocycles.